The highest BCUT2D eigenvalue weighted by Gasteiger charge is 2.29. The molecule has 132 valence electrons. The van der Waals surface area contributed by atoms with Crippen molar-refractivity contribution in [2.45, 2.75) is 32.2 Å². The molecule has 7 nitrogen and oxygen atoms in total. The van der Waals surface area contributed by atoms with Crippen LogP contribution in [0.1, 0.15) is 46.2 Å². The zero-order valence-electron chi connectivity index (χ0n) is 14.3. The molecule has 0 atom stereocenters. The molecule has 1 aliphatic rings. The lowest BCUT2D eigenvalue weighted by molar-refractivity contribution is 0.0422. The van der Waals surface area contributed by atoms with Crippen molar-refractivity contribution in [3.05, 3.63) is 47.3 Å². The van der Waals surface area contributed by atoms with Crippen molar-refractivity contribution in [1.29, 1.82) is 0 Å². The van der Waals surface area contributed by atoms with Crippen LogP contribution in [0.3, 0.4) is 0 Å². The number of aromatic nitrogens is 2. The third-order valence-corrected chi connectivity index (χ3v) is 4.63. The van der Waals surface area contributed by atoms with Crippen LogP contribution >= 0.6 is 0 Å². The Labute approximate surface area is 145 Å². The molecule has 1 aromatic carbocycles. The Bertz CT molecular complexity index is 789. The van der Waals surface area contributed by atoms with Gasteiger partial charge in [0.05, 0.1) is 17.6 Å². The van der Waals surface area contributed by atoms with Gasteiger partial charge < -0.3 is 15.2 Å². The number of carboxylic acids is 1. The Morgan fingerprint density at radius 3 is 2.44 bits per heavy atom. The van der Waals surface area contributed by atoms with E-state index in [1.54, 1.807) is 35.9 Å². The van der Waals surface area contributed by atoms with Gasteiger partial charge in [-0.05, 0) is 51.0 Å². The van der Waals surface area contributed by atoms with E-state index >= 15 is 0 Å². The minimum atomic E-state index is -1.01. The summed E-state index contributed by atoms with van der Waals surface area (Å²) >= 11 is 0. The number of carbonyl (C=O) groups excluding carboxylic acids is 1. The summed E-state index contributed by atoms with van der Waals surface area (Å²) in [6, 6.07) is 6.95. The second kappa shape index (κ2) is 6.68. The van der Waals surface area contributed by atoms with Gasteiger partial charge in [-0.15, -0.1) is 0 Å². The van der Waals surface area contributed by atoms with Crippen molar-refractivity contribution in [1.82, 2.24) is 15.1 Å². The molecule has 7 heteroatoms. The molecule has 2 N–H and O–H groups in total. The van der Waals surface area contributed by atoms with Gasteiger partial charge in [-0.3, -0.25) is 4.79 Å². The molecule has 1 amide bonds. The molecule has 2 heterocycles. The molecule has 0 unspecified atom stereocenters. The molecule has 0 radical (unpaired) electrons. The summed E-state index contributed by atoms with van der Waals surface area (Å²) in [4.78, 5) is 23.6. The number of nitrogens with one attached hydrogen (secondary N) is 1. The number of amides is 1. The maximum atomic E-state index is 12.5. The van der Waals surface area contributed by atoms with Crippen LogP contribution in [0, 0.1) is 6.92 Å². The Morgan fingerprint density at radius 2 is 1.88 bits per heavy atom. The largest absolute Gasteiger partial charge is 0.478 e. The molecule has 1 aromatic heterocycles. The van der Waals surface area contributed by atoms with Crippen LogP contribution in [-0.4, -0.2) is 45.5 Å². The zero-order valence-corrected chi connectivity index (χ0v) is 14.3. The molecule has 0 spiro atoms. The summed E-state index contributed by atoms with van der Waals surface area (Å²) in [6.45, 7) is 5.03. The molecule has 0 bridgehead atoms. The first-order valence-corrected chi connectivity index (χ1v) is 8.18. The van der Waals surface area contributed by atoms with E-state index in [0.29, 0.717) is 30.2 Å². The number of benzene rings is 1. The number of hydrogen-bond donors (Lipinski definition) is 2. The van der Waals surface area contributed by atoms with Gasteiger partial charge in [0.25, 0.3) is 5.91 Å². The maximum absolute atomic E-state index is 12.5. The molecule has 1 aliphatic heterocycles. The first-order chi connectivity index (χ1) is 11.9. The average molecular weight is 343 g/mol. The van der Waals surface area contributed by atoms with Gasteiger partial charge in [0.2, 0.25) is 0 Å². The number of ether oxygens (including phenoxy) is 1. The van der Waals surface area contributed by atoms with E-state index in [2.05, 4.69) is 10.4 Å². The smallest absolute Gasteiger partial charge is 0.339 e. The minimum absolute atomic E-state index is 0.126. The van der Waals surface area contributed by atoms with Crippen molar-refractivity contribution in [3.8, 4) is 5.69 Å². The van der Waals surface area contributed by atoms with E-state index in [1.807, 2.05) is 6.92 Å². The Kier molecular flexibility index (Phi) is 4.59. The fourth-order valence-electron chi connectivity index (χ4n) is 2.93. The van der Waals surface area contributed by atoms with Gasteiger partial charge >= 0.3 is 5.97 Å². The predicted octanol–water partition coefficient (Wildman–Crippen LogP) is 2.18. The summed E-state index contributed by atoms with van der Waals surface area (Å²) in [5.74, 6) is -1.14. The fraction of sp³-hybridized carbons (Fsp3) is 0.389. The lowest BCUT2D eigenvalue weighted by atomic mass is 9.92. The molecule has 25 heavy (non-hydrogen) atoms. The number of carboxylic acid groups (broad SMARTS) is 1. The van der Waals surface area contributed by atoms with Gasteiger partial charge in [0.15, 0.2) is 0 Å². The first-order valence-electron chi connectivity index (χ1n) is 8.18. The van der Waals surface area contributed by atoms with E-state index in [0.717, 1.165) is 12.8 Å². The second-order valence-electron chi connectivity index (χ2n) is 6.53. The Hall–Kier alpha value is -2.67. The van der Waals surface area contributed by atoms with Crippen LogP contribution in [0.2, 0.25) is 0 Å². The van der Waals surface area contributed by atoms with Crippen molar-refractivity contribution < 1.29 is 19.4 Å². The predicted molar refractivity (Wildman–Crippen MR) is 91.2 cm³/mol. The quantitative estimate of drug-likeness (QED) is 0.887. The molecule has 1 saturated heterocycles. The number of aromatic carboxylic acids is 1. The van der Waals surface area contributed by atoms with Crippen LogP contribution < -0.4 is 5.32 Å². The molecule has 2 aromatic rings. The average Bonchev–Trinajstić information content (AvgIpc) is 2.97. The standard InChI is InChI=1S/C18H21N3O4/c1-12-15(17(23)24)11-19-21(12)14-5-3-13(4-6-14)16(22)20-18(2)7-9-25-10-8-18/h3-6,11H,7-10H2,1-2H3,(H,20,22)(H,23,24). The molecule has 1 fully saturated rings. The molecular weight excluding hydrogens is 322 g/mol. The van der Waals surface area contributed by atoms with Crippen LogP contribution in [0.5, 0.6) is 0 Å². The molecule has 0 aliphatic carbocycles. The van der Waals surface area contributed by atoms with Gasteiger partial charge in [0, 0.05) is 24.3 Å². The number of carbonyl (C=O) groups is 2. The number of hydrogen-bond acceptors (Lipinski definition) is 4. The van der Waals surface area contributed by atoms with E-state index in [9.17, 15) is 9.59 Å². The van der Waals surface area contributed by atoms with Crippen molar-refractivity contribution >= 4 is 11.9 Å². The Morgan fingerprint density at radius 1 is 1.24 bits per heavy atom. The SMILES string of the molecule is Cc1c(C(=O)O)cnn1-c1ccc(C(=O)NC2(C)CCOCC2)cc1. The highest BCUT2D eigenvalue weighted by molar-refractivity contribution is 5.95. The van der Waals surface area contributed by atoms with Crippen molar-refractivity contribution in [2.24, 2.45) is 0 Å². The highest BCUT2D eigenvalue weighted by atomic mass is 16.5. The summed E-state index contributed by atoms with van der Waals surface area (Å²) in [6.07, 6.45) is 2.91. The number of nitrogens with zero attached hydrogens (tertiary/aromatic N) is 2. The zero-order chi connectivity index (χ0) is 18.0. The monoisotopic (exact) mass is 343 g/mol. The van der Waals surface area contributed by atoms with Gasteiger partial charge in [-0.1, -0.05) is 0 Å². The van der Waals surface area contributed by atoms with E-state index in [1.165, 1.54) is 6.20 Å². The fourth-order valence-corrected chi connectivity index (χ4v) is 2.93. The van der Waals surface area contributed by atoms with Gasteiger partial charge in [-0.25, -0.2) is 9.48 Å². The number of rotatable bonds is 4. The third-order valence-electron chi connectivity index (χ3n) is 4.63. The maximum Gasteiger partial charge on any atom is 0.339 e. The van der Waals surface area contributed by atoms with Crippen molar-refractivity contribution in [2.75, 3.05) is 13.2 Å². The first kappa shape index (κ1) is 17.2. The van der Waals surface area contributed by atoms with Crippen LogP contribution in [0.15, 0.2) is 30.5 Å². The van der Waals surface area contributed by atoms with Crippen LogP contribution in [-0.2, 0) is 4.74 Å². The second-order valence-corrected chi connectivity index (χ2v) is 6.53. The molecular formula is C18H21N3O4. The summed E-state index contributed by atoms with van der Waals surface area (Å²) < 4.78 is 6.89. The van der Waals surface area contributed by atoms with E-state index in [-0.39, 0.29) is 17.0 Å². The Balaban J connectivity index is 1.76. The van der Waals surface area contributed by atoms with E-state index in [4.69, 9.17) is 9.84 Å². The minimum Gasteiger partial charge on any atom is -0.478 e. The molecule has 3 rings (SSSR count). The summed E-state index contributed by atoms with van der Waals surface area (Å²) in [7, 11) is 0. The highest BCUT2D eigenvalue weighted by Crippen LogP contribution is 2.21. The van der Waals surface area contributed by atoms with Crippen molar-refractivity contribution in [3.63, 3.8) is 0 Å². The topological polar surface area (TPSA) is 93.5 Å². The summed E-state index contributed by atoms with van der Waals surface area (Å²) in [5.41, 5.74) is 1.72. The summed E-state index contributed by atoms with van der Waals surface area (Å²) in [5, 5.41) is 16.3. The lowest BCUT2D eigenvalue weighted by Gasteiger charge is -2.34. The van der Waals surface area contributed by atoms with E-state index < -0.39 is 5.97 Å². The molecule has 0 saturated carbocycles. The third kappa shape index (κ3) is 3.56. The van der Waals surface area contributed by atoms with Gasteiger partial charge in [-0.2, -0.15) is 5.10 Å². The van der Waals surface area contributed by atoms with Crippen LogP contribution in [0.4, 0.5) is 0 Å². The normalized spacial score (nSPS) is 16.4. The van der Waals surface area contributed by atoms with Gasteiger partial charge in [0.1, 0.15) is 5.56 Å². The lowest BCUT2D eigenvalue weighted by Crippen LogP contribution is -2.49. The van der Waals surface area contributed by atoms with Crippen LogP contribution in [0.25, 0.3) is 5.69 Å².